The Morgan fingerprint density at radius 1 is 1.07 bits per heavy atom. The molecule has 6 nitrogen and oxygen atoms in total. The molecule has 4 aliphatic heterocycles. The van der Waals surface area contributed by atoms with Crippen LogP contribution in [0.1, 0.15) is 51.0 Å². The molecule has 3 saturated heterocycles. The Morgan fingerprint density at radius 3 is 2.43 bits per heavy atom. The SMILES string of the molecule is CCOC(=O)N1C2CCC1CC(N1CCC(N3C(=O)Cc4ccc(F)cc43)CC1)C2. The summed E-state index contributed by atoms with van der Waals surface area (Å²) in [6.07, 6.45) is 6.21. The van der Waals surface area contributed by atoms with Crippen molar-refractivity contribution in [3.8, 4) is 0 Å². The zero-order chi connectivity index (χ0) is 20.8. The van der Waals surface area contributed by atoms with Gasteiger partial charge in [0.05, 0.1) is 18.7 Å². The molecule has 7 heteroatoms. The van der Waals surface area contributed by atoms with E-state index in [9.17, 15) is 14.0 Å². The van der Waals surface area contributed by atoms with E-state index in [0.717, 1.165) is 62.9 Å². The van der Waals surface area contributed by atoms with Crippen molar-refractivity contribution in [2.75, 3.05) is 24.6 Å². The van der Waals surface area contributed by atoms with Gasteiger partial charge < -0.3 is 19.4 Å². The Kier molecular flexibility index (Phi) is 5.17. The number of piperidine rings is 2. The highest BCUT2D eigenvalue weighted by atomic mass is 19.1. The second-order valence-corrected chi connectivity index (χ2v) is 9.10. The monoisotopic (exact) mass is 415 g/mol. The third-order valence-electron chi connectivity index (χ3n) is 7.48. The minimum atomic E-state index is -0.283. The molecule has 30 heavy (non-hydrogen) atoms. The normalized spacial score (nSPS) is 29.4. The van der Waals surface area contributed by atoms with Gasteiger partial charge in [0.25, 0.3) is 0 Å². The standard InChI is InChI=1S/C23H30FN3O3/c1-2-30-23(29)26-18-5-6-19(26)14-20(13-18)25-9-7-17(8-10-25)27-21-12-16(24)4-3-15(21)11-22(27)28/h3-4,12,17-20H,2,5-11,13-14H2,1H3. The lowest BCUT2D eigenvalue weighted by molar-refractivity contribution is -0.118. The van der Waals surface area contributed by atoms with Crippen molar-refractivity contribution in [1.29, 1.82) is 0 Å². The summed E-state index contributed by atoms with van der Waals surface area (Å²) in [6, 6.07) is 5.91. The first-order valence-corrected chi connectivity index (χ1v) is 11.3. The topological polar surface area (TPSA) is 53.1 Å². The van der Waals surface area contributed by atoms with E-state index in [0.29, 0.717) is 31.2 Å². The minimum Gasteiger partial charge on any atom is -0.450 e. The first-order chi connectivity index (χ1) is 14.5. The second-order valence-electron chi connectivity index (χ2n) is 9.10. The van der Waals surface area contributed by atoms with Crippen molar-refractivity contribution in [2.24, 2.45) is 0 Å². The number of carbonyl (C=O) groups excluding carboxylic acids is 2. The number of rotatable bonds is 3. The van der Waals surface area contributed by atoms with Gasteiger partial charge in [0.1, 0.15) is 5.82 Å². The first kappa shape index (κ1) is 19.8. The molecule has 4 heterocycles. The molecule has 2 amide bonds. The maximum Gasteiger partial charge on any atom is 0.410 e. The molecule has 2 bridgehead atoms. The molecule has 0 N–H and O–H groups in total. The molecular weight excluding hydrogens is 385 g/mol. The van der Waals surface area contributed by atoms with Crippen LogP contribution in [0.3, 0.4) is 0 Å². The molecule has 162 valence electrons. The number of nitrogens with zero attached hydrogens (tertiary/aromatic N) is 3. The maximum absolute atomic E-state index is 13.8. The van der Waals surface area contributed by atoms with Gasteiger partial charge in [0.2, 0.25) is 5.91 Å². The zero-order valence-corrected chi connectivity index (χ0v) is 17.6. The van der Waals surface area contributed by atoms with E-state index in [1.54, 1.807) is 6.07 Å². The number of anilines is 1. The Hall–Kier alpha value is -2.15. The predicted molar refractivity (Wildman–Crippen MR) is 111 cm³/mol. The highest BCUT2D eigenvalue weighted by Crippen LogP contribution is 2.40. The lowest BCUT2D eigenvalue weighted by Crippen LogP contribution is -2.55. The number of benzene rings is 1. The summed E-state index contributed by atoms with van der Waals surface area (Å²) in [5, 5.41) is 0. The summed E-state index contributed by atoms with van der Waals surface area (Å²) in [7, 11) is 0. The molecule has 5 rings (SSSR count). The number of fused-ring (bicyclic) bond motifs is 3. The van der Waals surface area contributed by atoms with Crippen LogP contribution < -0.4 is 4.90 Å². The van der Waals surface area contributed by atoms with E-state index in [4.69, 9.17) is 4.74 Å². The van der Waals surface area contributed by atoms with E-state index in [1.165, 1.54) is 12.1 Å². The van der Waals surface area contributed by atoms with E-state index in [-0.39, 0.29) is 23.9 Å². The maximum atomic E-state index is 13.8. The quantitative estimate of drug-likeness (QED) is 0.760. The summed E-state index contributed by atoms with van der Waals surface area (Å²) < 4.78 is 19.0. The van der Waals surface area contributed by atoms with Crippen molar-refractivity contribution >= 4 is 17.7 Å². The molecular formula is C23H30FN3O3. The van der Waals surface area contributed by atoms with Gasteiger partial charge in [-0.05, 0) is 63.1 Å². The first-order valence-electron chi connectivity index (χ1n) is 11.3. The molecule has 2 atom stereocenters. The van der Waals surface area contributed by atoms with Crippen LogP contribution in [-0.4, -0.2) is 65.7 Å². The Balaban J connectivity index is 1.21. The fraction of sp³-hybridized carbons (Fsp3) is 0.652. The average molecular weight is 416 g/mol. The van der Waals surface area contributed by atoms with Crippen LogP contribution in [-0.2, 0) is 16.0 Å². The molecule has 0 aliphatic carbocycles. The van der Waals surface area contributed by atoms with Gasteiger partial charge in [-0.2, -0.15) is 0 Å². The van der Waals surface area contributed by atoms with Crippen molar-refractivity contribution in [1.82, 2.24) is 9.80 Å². The lowest BCUT2D eigenvalue weighted by Gasteiger charge is -2.45. The second kappa shape index (κ2) is 7.84. The third kappa shape index (κ3) is 3.37. The molecule has 0 spiro atoms. The summed E-state index contributed by atoms with van der Waals surface area (Å²) in [6.45, 7) is 4.17. The van der Waals surface area contributed by atoms with Crippen LogP contribution in [0.15, 0.2) is 18.2 Å². The number of likely N-dealkylation sites (tertiary alicyclic amines) is 1. The highest BCUT2D eigenvalue weighted by molar-refractivity contribution is 6.01. The van der Waals surface area contributed by atoms with E-state index in [1.807, 2.05) is 16.7 Å². The number of amides is 2. The van der Waals surface area contributed by atoms with Gasteiger partial charge in [-0.15, -0.1) is 0 Å². The van der Waals surface area contributed by atoms with Gasteiger partial charge in [-0.3, -0.25) is 4.79 Å². The smallest absolute Gasteiger partial charge is 0.410 e. The Labute approximate surface area is 176 Å². The fourth-order valence-electron chi connectivity index (χ4n) is 6.15. The Bertz CT molecular complexity index is 825. The minimum absolute atomic E-state index is 0.0924. The van der Waals surface area contributed by atoms with Crippen LogP contribution >= 0.6 is 0 Å². The van der Waals surface area contributed by atoms with Gasteiger partial charge in [-0.25, -0.2) is 9.18 Å². The summed E-state index contributed by atoms with van der Waals surface area (Å²) in [5.41, 5.74) is 1.70. The highest BCUT2D eigenvalue weighted by Gasteiger charge is 2.46. The van der Waals surface area contributed by atoms with Gasteiger partial charge in [0.15, 0.2) is 0 Å². The van der Waals surface area contributed by atoms with E-state index < -0.39 is 0 Å². The van der Waals surface area contributed by atoms with Crippen molar-refractivity contribution in [3.63, 3.8) is 0 Å². The molecule has 3 fully saturated rings. The van der Waals surface area contributed by atoms with Crippen LogP contribution in [0.2, 0.25) is 0 Å². The summed E-state index contributed by atoms with van der Waals surface area (Å²) >= 11 is 0. The number of ether oxygens (including phenoxy) is 1. The number of carbonyl (C=O) groups is 2. The molecule has 2 unspecified atom stereocenters. The molecule has 0 aromatic heterocycles. The fourth-order valence-corrected chi connectivity index (χ4v) is 6.15. The Morgan fingerprint density at radius 2 is 1.77 bits per heavy atom. The largest absolute Gasteiger partial charge is 0.450 e. The van der Waals surface area contributed by atoms with E-state index >= 15 is 0 Å². The van der Waals surface area contributed by atoms with Crippen LogP contribution in [0.25, 0.3) is 0 Å². The molecule has 1 aromatic carbocycles. The number of hydrogen-bond donors (Lipinski definition) is 0. The van der Waals surface area contributed by atoms with Crippen LogP contribution in [0, 0.1) is 5.82 Å². The molecule has 0 radical (unpaired) electrons. The number of hydrogen-bond acceptors (Lipinski definition) is 4. The third-order valence-corrected chi connectivity index (χ3v) is 7.48. The predicted octanol–water partition coefficient (Wildman–Crippen LogP) is 3.33. The van der Waals surface area contributed by atoms with Crippen molar-refractivity contribution < 1.29 is 18.7 Å². The van der Waals surface area contributed by atoms with Gasteiger partial charge in [-0.1, -0.05) is 6.07 Å². The molecule has 4 aliphatic rings. The zero-order valence-electron chi connectivity index (χ0n) is 17.6. The summed E-state index contributed by atoms with van der Waals surface area (Å²) in [4.78, 5) is 31.3. The average Bonchev–Trinajstić information content (AvgIpc) is 3.20. The van der Waals surface area contributed by atoms with Crippen molar-refractivity contribution in [3.05, 3.63) is 29.6 Å². The number of halogens is 1. The lowest BCUT2D eigenvalue weighted by atomic mass is 9.93. The molecule has 0 saturated carbocycles. The van der Waals surface area contributed by atoms with Crippen molar-refractivity contribution in [2.45, 2.75) is 76.0 Å². The van der Waals surface area contributed by atoms with Gasteiger partial charge >= 0.3 is 6.09 Å². The van der Waals surface area contributed by atoms with Gasteiger partial charge in [0, 0.05) is 37.3 Å². The van der Waals surface area contributed by atoms with E-state index in [2.05, 4.69) is 4.90 Å². The van der Waals surface area contributed by atoms with Crippen LogP contribution in [0.4, 0.5) is 14.9 Å². The van der Waals surface area contributed by atoms with Crippen LogP contribution in [0.5, 0.6) is 0 Å². The molecule has 1 aromatic rings. The summed E-state index contributed by atoms with van der Waals surface area (Å²) in [5.74, 6) is -0.190.